The molecule has 0 aliphatic carbocycles. The first-order valence-corrected chi connectivity index (χ1v) is 8.07. The molecule has 3 heterocycles. The Balaban J connectivity index is 2.06. The van der Waals surface area contributed by atoms with E-state index in [1.807, 2.05) is 13.0 Å². The molecule has 3 aromatic heterocycles. The van der Waals surface area contributed by atoms with Crippen molar-refractivity contribution in [2.75, 3.05) is 6.67 Å². The van der Waals surface area contributed by atoms with E-state index in [1.54, 1.807) is 55.4 Å². The Morgan fingerprint density at radius 1 is 1.27 bits per heavy atom. The lowest BCUT2D eigenvalue weighted by Crippen LogP contribution is -2.45. The van der Waals surface area contributed by atoms with Gasteiger partial charge in [0, 0.05) is 12.4 Å². The third-order valence-corrected chi connectivity index (χ3v) is 3.66. The van der Waals surface area contributed by atoms with Gasteiger partial charge in [-0.15, -0.1) is 0 Å². The van der Waals surface area contributed by atoms with Crippen LogP contribution in [-0.4, -0.2) is 42.9 Å². The highest BCUT2D eigenvalue weighted by molar-refractivity contribution is 5.94. The fourth-order valence-corrected chi connectivity index (χ4v) is 2.28. The molecule has 0 atom stereocenters. The lowest BCUT2D eigenvalue weighted by molar-refractivity contribution is 0.0894. The summed E-state index contributed by atoms with van der Waals surface area (Å²) >= 11 is 0. The highest BCUT2D eigenvalue weighted by Gasteiger charge is 2.24. The number of hydrogen-bond acceptors (Lipinski definition) is 5. The predicted molar refractivity (Wildman–Crippen MR) is 94.6 cm³/mol. The van der Waals surface area contributed by atoms with Crippen LogP contribution in [0.3, 0.4) is 0 Å². The fraction of sp³-hybridized carbons (Fsp3) is 0.278. The van der Waals surface area contributed by atoms with Crippen molar-refractivity contribution >= 4 is 5.91 Å². The summed E-state index contributed by atoms with van der Waals surface area (Å²) in [5, 5.41) is 7.01. The second-order valence-electron chi connectivity index (χ2n) is 6.55. The van der Waals surface area contributed by atoms with Crippen molar-refractivity contribution in [3.05, 3.63) is 54.4 Å². The van der Waals surface area contributed by atoms with Gasteiger partial charge in [0.1, 0.15) is 12.4 Å². The Hall–Kier alpha value is -3.16. The Labute approximate surface area is 150 Å². The molecule has 0 aliphatic rings. The van der Waals surface area contributed by atoms with Gasteiger partial charge in [-0.25, -0.2) is 9.07 Å². The molecule has 0 aromatic carbocycles. The van der Waals surface area contributed by atoms with E-state index in [2.05, 4.69) is 25.4 Å². The van der Waals surface area contributed by atoms with Crippen molar-refractivity contribution in [3.63, 3.8) is 0 Å². The van der Waals surface area contributed by atoms with Crippen LogP contribution in [0.25, 0.3) is 17.1 Å². The van der Waals surface area contributed by atoms with Crippen LogP contribution in [0, 0.1) is 6.92 Å². The minimum absolute atomic E-state index is 0.160. The first-order chi connectivity index (χ1) is 12.4. The topological polar surface area (TPSA) is 85.6 Å². The van der Waals surface area contributed by atoms with Gasteiger partial charge in [0.2, 0.25) is 0 Å². The number of rotatable bonds is 5. The molecule has 1 amide bonds. The molecular formula is C18H19FN6O. The number of aromatic nitrogens is 5. The first kappa shape index (κ1) is 17.7. The number of carbonyl (C=O) groups excluding carboxylic acids is 1. The molecule has 0 saturated heterocycles. The molecule has 0 radical (unpaired) electrons. The van der Waals surface area contributed by atoms with E-state index in [0.29, 0.717) is 17.1 Å². The molecule has 134 valence electrons. The molecule has 0 aliphatic heterocycles. The van der Waals surface area contributed by atoms with E-state index in [4.69, 9.17) is 0 Å². The second-order valence-corrected chi connectivity index (χ2v) is 6.55. The zero-order chi connectivity index (χ0) is 18.7. The smallest absolute Gasteiger partial charge is 0.272 e. The Morgan fingerprint density at radius 2 is 2.08 bits per heavy atom. The largest absolute Gasteiger partial charge is 0.343 e. The van der Waals surface area contributed by atoms with E-state index in [9.17, 15) is 9.18 Å². The number of amides is 1. The number of nitrogens with zero attached hydrogens (tertiary/aromatic N) is 5. The molecule has 1 N–H and O–H groups in total. The quantitative estimate of drug-likeness (QED) is 0.761. The maximum atomic E-state index is 13.0. The van der Waals surface area contributed by atoms with Crippen LogP contribution < -0.4 is 5.32 Å². The maximum Gasteiger partial charge on any atom is 0.272 e. The van der Waals surface area contributed by atoms with Crippen molar-refractivity contribution < 1.29 is 9.18 Å². The van der Waals surface area contributed by atoms with Crippen molar-refractivity contribution in [2.24, 2.45) is 0 Å². The van der Waals surface area contributed by atoms with Gasteiger partial charge in [0.25, 0.3) is 5.91 Å². The van der Waals surface area contributed by atoms with Gasteiger partial charge in [-0.2, -0.15) is 5.10 Å². The number of hydrogen-bond donors (Lipinski definition) is 1. The molecular weight excluding hydrogens is 335 g/mol. The summed E-state index contributed by atoms with van der Waals surface area (Å²) in [6.07, 6.45) is 6.54. The maximum absolute atomic E-state index is 13.0. The van der Waals surface area contributed by atoms with Gasteiger partial charge in [-0.05, 0) is 39.0 Å². The van der Waals surface area contributed by atoms with E-state index in [-0.39, 0.29) is 5.69 Å². The third kappa shape index (κ3) is 3.74. The number of aryl methyl sites for hydroxylation is 1. The van der Waals surface area contributed by atoms with Crippen LogP contribution in [0.2, 0.25) is 0 Å². The number of carbonyl (C=O) groups is 1. The molecule has 0 unspecified atom stereocenters. The van der Waals surface area contributed by atoms with Crippen LogP contribution in [0.4, 0.5) is 4.39 Å². The first-order valence-electron chi connectivity index (χ1n) is 8.07. The fourth-order valence-electron chi connectivity index (χ4n) is 2.28. The molecule has 26 heavy (non-hydrogen) atoms. The molecule has 0 fully saturated rings. The SMILES string of the molecule is Cc1cnc(-c2cc(C(=O)NC(C)(C)CF)nn2-c2cccnc2)cn1. The molecule has 3 aromatic rings. The van der Waals surface area contributed by atoms with Crippen molar-refractivity contribution in [2.45, 2.75) is 26.3 Å². The monoisotopic (exact) mass is 354 g/mol. The van der Waals surface area contributed by atoms with Crippen molar-refractivity contribution in [1.82, 2.24) is 30.0 Å². The van der Waals surface area contributed by atoms with Crippen molar-refractivity contribution in [3.8, 4) is 17.1 Å². The zero-order valence-corrected chi connectivity index (χ0v) is 14.8. The van der Waals surface area contributed by atoms with Crippen LogP contribution in [0.15, 0.2) is 43.0 Å². The highest BCUT2D eigenvalue weighted by atomic mass is 19.1. The lowest BCUT2D eigenvalue weighted by atomic mass is 10.1. The average molecular weight is 354 g/mol. The number of pyridine rings is 1. The summed E-state index contributed by atoms with van der Waals surface area (Å²) in [5.74, 6) is -0.461. The summed E-state index contributed by atoms with van der Waals surface area (Å²) in [7, 11) is 0. The summed E-state index contributed by atoms with van der Waals surface area (Å²) in [6, 6.07) is 5.20. The molecule has 3 rings (SSSR count). The van der Waals surface area contributed by atoms with Gasteiger partial charge in [-0.3, -0.25) is 19.7 Å². The van der Waals surface area contributed by atoms with Crippen LogP contribution >= 0.6 is 0 Å². The van der Waals surface area contributed by atoms with Gasteiger partial charge in [0.15, 0.2) is 5.69 Å². The molecule has 0 spiro atoms. The van der Waals surface area contributed by atoms with Crippen LogP contribution in [-0.2, 0) is 0 Å². The number of halogens is 1. The average Bonchev–Trinajstić information content (AvgIpc) is 3.08. The minimum atomic E-state index is -0.973. The summed E-state index contributed by atoms with van der Waals surface area (Å²) in [6.45, 7) is 4.37. The standard InChI is InChI=1S/C18H19FN6O/c1-12-8-22-15(10-21-12)16-7-14(17(26)23-18(2,3)11-19)24-25(16)13-5-4-6-20-9-13/h4-10H,11H2,1-3H3,(H,23,26). The van der Waals surface area contributed by atoms with E-state index in [0.717, 1.165) is 5.69 Å². The normalized spacial score (nSPS) is 11.4. The molecule has 0 bridgehead atoms. The lowest BCUT2D eigenvalue weighted by Gasteiger charge is -2.21. The summed E-state index contributed by atoms with van der Waals surface area (Å²) in [4.78, 5) is 25.2. The van der Waals surface area contributed by atoms with Crippen LogP contribution in [0.1, 0.15) is 30.0 Å². The van der Waals surface area contributed by atoms with E-state index in [1.165, 1.54) is 0 Å². The van der Waals surface area contributed by atoms with Crippen LogP contribution in [0.5, 0.6) is 0 Å². The molecule has 0 saturated carbocycles. The number of alkyl halides is 1. The number of nitrogens with one attached hydrogen (secondary N) is 1. The minimum Gasteiger partial charge on any atom is -0.343 e. The zero-order valence-electron chi connectivity index (χ0n) is 14.8. The van der Waals surface area contributed by atoms with Gasteiger partial charge in [0.05, 0.1) is 35.0 Å². The van der Waals surface area contributed by atoms with E-state index < -0.39 is 18.1 Å². The highest BCUT2D eigenvalue weighted by Crippen LogP contribution is 2.22. The predicted octanol–water partition coefficient (Wildman–Crippen LogP) is 2.51. The molecule has 7 nitrogen and oxygen atoms in total. The summed E-state index contributed by atoms with van der Waals surface area (Å²) < 4.78 is 14.6. The summed E-state index contributed by atoms with van der Waals surface area (Å²) in [5.41, 5.74) is 1.80. The third-order valence-electron chi connectivity index (χ3n) is 3.66. The molecule has 8 heteroatoms. The van der Waals surface area contributed by atoms with E-state index >= 15 is 0 Å². The Kier molecular flexibility index (Phi) is 4.75. The van der Waals surface area contributed by atoms with Gasteiger partial charge < -0.3 is 5.32 Å². The van der Waals surface area contributed by atoms with Crippen molar-refractivity contribution in [1.29, 1.82) is 0 Å². The van der Waals surface area contributed by atoms with Gasteiger partial charge >= 0.3 is 0 Å². The second kappa shape index (κ2) is 6.99. The Morgan fingerprint density at radius 3 is 2.69 bits per heavy atom. The Bertz CT molecular complexity index is 905. The van der Waals surface area contributed by atoms with Gasteiger partial charge in [-0.1, -0.05) is 0 Å².